The third-order valence-corrected chi connectivity index (χ3v) is 3.16. The molecule has 0 aliphatic carbocycles. The topological polar surface area (TPSA) is 12.9 Å². The van der Waals surface area contributed by atoms with Gasteiger partial charge in [-0.15, -0.1) is 4.37 Å². The van der Waals surface area contributed by atoms with E-state index in [0.717, 1.165) is 10.0 Å². The first kappa shape index (κ1) is 5.41. The fourth-order valence-corrected chi connectivity index (χ4v) is 2.08. The van der Waals surface area contributed by atoms with E-state index >= 15 is 0 Å². The molecule has 0 N–H and O–H groups in total. The van der Waals surface area contributed by atoms with Gasteiger partial charge in [0.15, 0.2) is 0 Å². The van der Waals surface area contributed by atoms with Crippen molar-refractivity contribution in [3.8, 4) is 0 Å². The molecule has 0 spiro atoms. The van der Waals surface area contributed by atoms with Crippen molar-refractivity contribution >= 4 is 32.5 Å². The van der Waals surface area contributed by atoms with Crippen LogP contribution in [0, 0.1) is 6.92 Å². The summed E-state index contributed by atoms with van der Waals surface area (Å²) in [5, 5.41) is 0. The lowest BCUT2D eigenvalue weighted by molar-refractivity contribution is 1.35. The molecule has 0 aromatic carbocycles. The van der Waals surface area contributed by atoms with E-state index in [4.69, 9.17) is 11.6 Å². The summed E-state index contributed by atoms with van der Waals surface area (Å²) in [7, 11) is 2.93. The van der Waals surface area contributed by atoms with Gasteiger partial charge in [0, 0.05) is 0 Å². The minimum atomic E-state index is 0.810. The summed E-state index contributed by atoms with van der Waals surface area (Å²) < 4.78 is 4.75. The van der Waals surface area contributed by atoms with Crippen molar-refractivity contribution in [1.29, 1.82) is 0 Å². The van der Waals surface area contributed by atoms with Gasteiger partial charge in [-0.1, -0.05) is 0 Å². The summed E-state index contributed by atoms with van der Waals surface area (Å²) in [4.78, 5) is 0. The molecule has 0 aliphatic heterocycles. The van der Waals surface area contributed by atoms with E-state index < -0.39 is 0 Å². The Labute approximate surface area is 54.1 Å². The molecular weight excluding hydrogens is 150 g/mol. The highest BCUT2D eigenvalue weighted by atomic mass is 35.5. The fraction of sp³-hybridized carbons (Fsp3) is 0.333. The molecule has 1 nitrogen and oxygen atoms in total. The minimum absolute atomic E-state index is 0.810. The predicted octanol–water partition coefficient (Wildman–Crippen LogP) is 2.45. The van der Waals surface area contributed by atoms with Gasteiger partial charge in [-0.2, -0.15) is 0 Å². The maximum absolute atomic E-state index is 5.59. The van der Waals surface area contributed by atoms with Crippen LogP contribution in [0.4, 0.5) is 0 Å². The van der Waals surface area contributed by atoms with Crippen LogP contribution < -0.4 is 0 Å². The van der Waals surface area contributed by atoms with Crippen molar-refractivity contribution in [3.63, 3.8) is 0 Å². The molecule has 0 saturated carbocycles. The Balaban J connectivity index is 3.12. The van der Waals surface area contributed by atoms with E-state index in [9.17, 15) is 0 Å². The Kier molecular flexibility index (Phi) is 1.57. The number of aryl methyl sites for hydroxylation is 1. The van der Waals surface area contributed by atoms with Crippen LogP contribution in [0.15, 0.2) is 0 Å². The van der Waals surface area contributed by atoms with E-state index in [2.05, 4.69) is 4.37 Å². The van der Waals surface area contributed by atoms with Gasteiger partial charge in [-0.25, -0.2) is 0 Å². The number of aromatic nitrogens is 1. The first-order valence-corrected chi connectivity index (χ1v) is 4.20. The van der Waals surface area contributed by atoms with Crippen molar-refractivity contribution in [1.82, 2.24) is 4.37 Å². The molecule has 1 rings (SSSR count). The second-order valence-electron chi connectivity index (χ2n) is 1.11. The van der Waals surface area contributed by atoms with Crippen molar-refractivity contribution in [3.05, 3.63) is 10.0 Å². The number of halogens is 1. The summed E-state index contributed by atoms with van der Waals surface area (Å²) in [5.41, 5.74) is 0.941. The fourth-order valence-electron chi connectivity index (χ4n) is 0.203. The normalized spacial score (nSPS) is 9.43. The van der Waals surface area contributed by atoms with Gasteiger partial charge in [0.05, 0.1) is 0 Å². The van der Waals surface area contributed by atoms with Crippen molar-refractivity contribution < 1.29 is 0 Å². The van der Waals surface area contributed by atoms with E-state index in [1.54, 1.807) is 0 Å². The lowest BCUT2D eigenvalue weighted by Crippen LogP contribution is -1.62. The minimum Gasteiger partial charge on any atom is -0.138 e. The molecule has 0 fully saturated rings. The zero-order valence-electron chi connectivity index (χ0n) is 3.64. The van der Waals surface area contributed by atoms with Crippen LogP contribution in [0.1, 0.15) is 5.69 Å². The maximum Gasteiger partial charge on any atom is 0.338 e. The summed E-state index contributed by atoms with van der Waals surface area (Å²) in [6.45, 7) is 1.90. The largest absolute Gasteiger partial charge is 0.338 e. The molecule has 0 saturated heterocycles. The van der Waals surface area contributed by atoms with Crippen molar-refractivity contribution in [2.24, 2.45) is 0 Å². The van der Waals surface area contributed by atoms with E-state index in [0.29, 0.717) is 0 Å². The van der Waals surface area contributed by atoms with Crippen molar-refractivity contribution in [2.75, 3.05) is 0 Å². The third-order valence-electron chi connectivity index (χ3n) is 0.569. The molecule has 0 bridgehead atoms. The summed E-state index contributed by atoms with van der Waals surface area (Å²) in [6.07, 6.45) is 0. The van der Waals surface area contributed by atoms with E-state index in [1.165, 1.54) is 20.9 Å². The number of hydrogen-bond donors (Lipinski definition) is 0. The van der Waals surface area contributed by atoms with Crippen molar-refractivity contribution in [2.45, 2.75) is 6.92 Å². The van der Waals surface area contributed by atoms with Crippen LogP contribution >= 0.6 is 32.5 Å². The molecule has 0 amide bonds. The molecule has 7 heavy (non-hydrogen) atoms. The highest BCUT2D eigenvalue weighted by Crippen LogP contribution is 2.22. The van der Waals surface area contributed by atoms with E-state index in [1.807, 2.05) is 6.92 Å². The Morgan fingerprint density at radius 3 is 2.71 bits per heavy atom. The van der Waals surface area contributed by atoms with Crippen LogP contribution in [0.5, 0.6) is 0 Å². The van der Waals surface area contributed by atoms with Crippen LogP contribution in [-0.4, -0.2) is 4.37 Å². The third kappa shape index (κ3) is 1.08. The lowest BCUT2D eigenvalue weighted by Gasteiger charge is -1.63. The second kappa shape index (κ2) is 2.03. The second-order valence-corrected chi connectivity index (χ2v) is 3.56. The van der Waals surface area contributed by atoms with Crippen LogP contribution in [0.25, 0.3) is 0 Å². The molecule has 38 valence electrons. The van der Waals surface area contributed by atoms with Crippen LogP contribution in [0.2, 0.25) is 4.34 Å². The molecule has 4 heteroatoms. The van der Waals surface area contributed by atoms with Gasteiger partial charge < -0.3 is 0 Å². The van der Waals surface area contributed by atoms with Crippen LogP contribution in [-0.2, 0) is 0 Å². The highest BCUT2D eigenvalue weighted by molar-refractivity contribution is 7.68. The Hall–Kier alpha value is 0.270. The standard InChI is InChI=1S/C3H3ClNS2/c1-2-3(4)6-7-5-2/h1H3/q+1. The lowest BCUT2D eigenvalue weighted by atomic mass is 10.6. The molecule has 0 aliphatic rings. The average molecular weight is 153 g/mol. The van der Waals surface area contributed by atoms with Gasteiger partial charge >= 0.3 is 14.7 Å². The molecular formula is C3H3ClNS2+. The first-order valence-electron chi connectivity index (χ1n) is 1.72. The quantitative estimate of drug-likeness (QED) is 0.411. The Morgan fingerprint density at radius 2 is 2.57 bits per heavy atom. The van der Waals surface area contributed by atoms with E-state index in [-0.39, 0.29) is 0 Å². The van der Waals surface area contributed by atoms with Gasteiger partial charge in [-0.05, 0) is 18.5 Å². The maximum atomic E-state index is 5.59. The first-order chi connectivity index (χ1) is 3.30. The SMILES string of the molecule is Cc1ns[s+]c1Cl. The molecule has 1 aromatic rings. The molecule has 1 heterocycles. The van der Waals surface area contributed by atoms with Crippen LogP contribution in [0.3, 0.4) is 0 Å². The van der Waals surface area contributed by atoms with Gasteiger partial charge in [0.1, 0.15) is 5.69 Å². The number of hydrogen-bond acceptors (Lipinski definition) is 2. The average Bonchev–Trinajstić information content (AvgIpc) is 1.91. The number of nitrogens with zero attached hydrogens (tertiary/aromatic N) is 1. The Morgan fingerprint density at radius 1 is 1.86 bits per heavy atom. The zero-order chi connectivity index (χ0) is 5.28. The predicted molar refractivity (Wildman–Crippen MR) is 34.1 cm³/mol. The van der Waals surface area contributed by atoms with Gasteiger partial charge in [0.2, 0.25) is 0 Å². The molecule has 0 radical (unpaired) electrons. The van der Waals surface area contributed by atoms with Gasteiger partial charge in [0.25, 0.3) is 10.5 Å². The van der Waals surface area contributed by atoms with Gasteiger partial charge in [-0.3, -0.25) is 0 Å². The summed E-state index contributed by atoms with van der Waals surface area (Å²) >= 11 is 5.59. The molecule has 0 atom stereocenters. The molecule has 1 aromatic heterocycles. The smallest absolute Gasteiger partial charge is 0.138 e. The monoisotopic (exact) mass is 152 g/mol. The highest BCUT2D eigenvalue weighted by Gasteiger charge is 2.09. The Bertz CT molecular complexity index is 145. The zero-order valence-corrected chi connectivity index (χ0v) is 6.03. The summed E-state index contributed by atoms with van der Waals surface area (Å²) in [5.74, 6) is 0. The molecule has 0 unspecified atom stereocenters. The summed E-state index contributed by atoms with van der Waals surface area (Å²) in [6, 6.07) is 0. The number of rotatable bonds is 0.